The fourth-order valence-corrected chi connectivity index (χ4v) is 1.80. The van der Waals surface area contributed by atoms with Gasteiger partial charge in [0.25, 0.3) is 0 Å². The lowest BCUT2D eigenvalue weighted by Gasteiger charge is -2.05. The Morgan fingerprint density at radius 1 is 1.42 bits per heavy atom. The molecule has 0 amide bonds. The molecule has 2 nitrogen and oxygen atoms in total. The summed E-state index contributed by atoms with van der Waals surface area (Å²) in [6, 6.07) is 0. The number of hydrogen-bond donors (Lipinski definition) is 1. The van der Waals surface area contributed by atoms with Gasteiger partial charge in [0, 0.05) is 13.0 Å². The zero-order chi connectivity index (χ0) is 8.81. The molecular formula is C10H20N2. The first-order valence-corrected chi connectivity index (χ1v) is 5.11. The smallest absolute Gasteiger partial charge is 0.0934 e. The Kier molecular flexibility index (Phi) is 4.12. The van der Waals surface area contributed by atoms with Crippen molar-refractivity contribution in [1.29, 1.82) is 0 Å². The van der Waals surface area contributed by atoms with Gasteiger partial charge < -0.3 is 5.73 Å². The molecule has 70 valence electrons. The topological polar surface area (TPSA) is 38.4 Å². The zero-order valence-electron chi connectivity index (χ0n) is 8.05. The summed E-state index contributed by atoms with van der Waals surface area (Å²) in [5, 5.41) is 0. The lowest BCUT2D eigenvalue weighted by molar-refractivity contribution is 0.512. The van der Waals surface area contributed by atoms with Crippen molar-refractivity contribution in [2.45, 2.75) is 45.4 Å². The van der Waals surface area contributed by atoms with Crippen LogP contribution in [0.4, 0.5) is 0 Å². The molecule has 1 rings (SSSR count). The van der Waals surface area contributed by atoms with E-state index in [1.165, 1.54) is 32.1 Å². The van der Waals surface area contributed by atoms with Crippen LogP contribution < -0.4 is 5.73 Å². The van der Waals surface area contributed by atoms with Gasteiger partial charge in [0.15, 0.2) is 0 Å². The zero-order valence-corrected chi connectivity index (χ0v) is 8.05. The summed E-state index contributed by atoms with van der Waals surface area (Å²) in [5.41, 5.74) is 5.61. The minimum Gasteiger partial charge on any atom is -0.387 e. The van der Waals surface area contributed by atoms with Crippen LogP contribution in [-0.2, 0) is 0 Å². The third-order valence-corrected chi connectivity index (χ3v) is 2.69. The van der Waals surface area contributed by atoms with Gasteiger partial charge in [0.2, 0.25) is 0 Å². The van der Waals surface area contributed by atoms with Crippen LogP contribution in [0.25, 0.3) is 0 Å². The summed E-state index contributed by atoms with van der Waals surface area (Å²) in [6.45, 7) is 3.00. The van der Waals surface area contributed by atoms with Crippen LogP contribution in [0.3, 0.4) is 0 Å². The van der Waals surface area contributed by atoms with Crippen molar-refractivity contribution in [2.24, 2.45) is 16.6 Å². The van der Waals surface area contributed by atoms with Crippen LogP contribution >= 0.6 is 0 Å². The van der Waals surface area contributed by atoms with E-state index in [0.29, 0.717) is 0 Å². The summed E-state index contributed by atoms with van der Waals surface area (Å²) in [7, 11) is 0. The Bertz CT molecular complexity index is 146. The van der Waals surface area contributed by atoms with Gasteiger partial charge in [-0.1, -0.05) is 32.6 Å². The van der Waals surface area contributed by atoms with Crippen molar-refractivity contribution in [3.63, 3.8) is 0 Å². The van der Waals surface area contributed by atoms with Crippen LogP contribution in [-0.4, -0.2) is 12.4 Å². The van der Waals surface area contributed by atoms with E-state index in [0.717, 1.165) is 24.7 Å². The number of nitrogens with zero attached hydrogens (tertiary/aromatic N) is 1. The van der Waals surface area contributed by atoms with E-state index in [1.807, 2.05) is 0 Å². The quantitative estimate of drug-likeness (QED) is 0.508. The number of hydrogen-bond acceptors (Lipinski definition) is 1. The van der Waals surface area contributed by atoms with Crippen LogP contribution in [0.2, 0.25) is 0 Å². The van der Waals surface area contributed by atoms with E-state index < -0.39 is 0 Å². The van der Waals surface area contributed by atoms with E-state index in [4.69, 9.17) is 5.73 Å². The van der Waals surface area contributed by atoms with Gasteiger partial charge >= 0.3 is 0 Å². The highest BCUT2D eigenvalue weighted by atomic mass is 14.8. The van der Waals surface area contributed by atoms with Gasteiger partial charge in [-0.15, -0.1) is 0 Å². The molecule has 0 aromatic rings. The van der Waals surface area contributed by atoms with E-state index >= 15 is 0 Å². The lowest BCUT2D eigenvalue weighted by atomic mass is 10.0. The molecule has 0 saturated heterocycles. The molecule has 0 aromatic heterocycles. The SMILES string of the molecule is CCC(N)=NCCC1CCCC1. The number of amidine groups is 1. The van der Waals surface area contributed by atoms with Crippen molar-refractivity contribution < 1.29 is 0 Å². The Morgan fingerprint density at radius 3 is 2.67 bits per heavy atom. The second-order valence-electron chi connectivity index (χ2n) is 3.67. The Labute approximate surface area is 75.3 Å². The average molecular weight is 168 g/mol. The standard InChI is InChI=1S/C10H20N2/c1-2-10(11)12-8-7-9-5-3-4-6-9/h9H,2-8H2,1H3,(H2,11,12). The molecule has 0 aliphatic heterocycles. The molecule has 1 fully saturated rings. The Morgan fingerprint density at radius 2 is 2.08 bits per heavy atom. The first-order chi connectivity index (χ1) is 5.83. The molecule has 0 aromatic carbocycles. The van der Waals surface area contributed by atoms with Crippen molar-refractivity contribution >= 4 is 5.84 Å². The van der Waals surface area contributed by atoms with Crippen molar-refractivity contribution in [3.05, 3.63) is 0 Å². The van der Waals surface area contributed by atoms with Crippen molar-refractivity contribution in [3.8, 4) is 0 Å². The molecule has 0 bridgehead atoms. The molecule has 2 N–H and O–H groups in total. The maximum absolute atomic E-state index is 5.61. The molecule has 1 aliphatic carbocycles. The van der Waals surface area contributed by atoms with Crippen LogP contribution in [0.15, 0.2) is 4.99 Å². The van der Waals surface area contributed by atoms with Gasteiger partial charge in [-0.3, -0.25) is 4.99 Å². The predicted octanol–water partition coefficient (Wildman–Crippen LogP) is 2.33. The molecule has 0 radical (unpaired) electrons. The normalized spacial score (nSPS) is 20.2. The molecular weight excluding hydrogens is 148 g/mol. The van der Waals surface area contributed by atoms with E-state index in [9.17, 15) is 0 Å². The van der Waals surface area contributed by atoms with E-state index in [-0.39, 0.29) is 0 Å². The highest BCUT2D eigenvalue weighted by Crippen LogP contribution is 2.27. The maximum Gasteiger partial charge on any atom is 0.0934 e. The van der Waals surface area contributed by atoms with Crippen molar-refractivity contribution in [1.82, 2.24) is 0 Å². The highest BCUT2D eigenvalue weighted by Gasteiger charge is 2.13. The maximum atomic E-state index is 5.61. The lowest BCUT2D eigenvalue weighted by Crippen LogP contribution is -2.10. The fourth-order valence-electron chi connectivity index (χ4n) is 1.80. The Balaban J connectivity index is 2.08. The van der Waals surface area contributed by atoms with Gasteiger partial charge in [-0.25, -0.2) is 0 Å². The first kappa shape index (κ1) is 9.56. The van der Waals surface area contributed by atoms with Gasteiger partial charge in [-0.2, -0.15) is 0 Å². The summed E-state index contributed by atoms with van der Waals surface area (Å²) < 4.78 is 0. The first-order valence-electron chi connectivity index (χ1n) is 5.11. The minimum absolute atomic E-state index is 0.813. The molecule has 0 unspecified atom stereocenters. The van der Waals surface area contributed by atoms with E-state index in [2.05, 4.69) is 11.9 Å². The second kappa shape index (κ2) is 5.18. The summed E-state index contributed by atoms with van der Waals surface area (Å²) in [5.74, 6) is 1.76. The summed E-state index contributed by atoms with van der Waals surface area (Å²) >= 11 is 0. The molecule has 1 aliphatic rings. The third-order valence-electron chi connectivity index (χ3n) is 2.69. The second-order valence-corrected chi connectivity index (χ2v) is 3.67. The molecule has 0 atom stereocenters. The molecule has 1 saturated carbocycles. The van der Waals surface area contributed by atoms with Crippen LogP contribution in [0.1, 0.15) is 45.4 Å². The minimum atomic E-state index is 0.813. The summed E-state index contributed by atoms with van der Waals surface area (Å²) in [4.78, 5) is 4.30. The van der Waals surface area contributed by atoms with Gasteiger partial charge in [-0.05, 0) is 12.3 Å². The predicted molar refractivity (Wildman–Crippen MR) is 53.4 cm³/mol. The average Bonchev–Trinajstić information content (AvgIpc) is 2.57. The summed E-state index contributed by atoms with van der Waals surface area (Å²) in [6.07, 6.45) is 7.84. The largest absolute Gasteiger partial charge is 0.387 e. The molecule has 0 heterocycles. The van der Waals surface area contributed by atoms with Crippen LogP contribution in [0.5, 0.6) is 0 Å². The Hall–Kier alpha value is -0.530. The van der Waals surface area contributed by atoms with Crippen LogP contribution in [0, 0.1) is 5.92 Å². The number of aliphatic imine (C=N–C) groups is 1. The molecule has 2 heteroatoms. The van der Waals surface area contributed by atoms with Crippen molar-refractivity contribution in [2.75, 3.05) is 6.54 Å². The third kappa shape index (κ3) is 3.24. The fraction of sp³-hybridized carbons (Fsp3) is 0.900. The van der Waals surface area contributed by atoms with E-state index in [1.54, 1.807) is 0 Å². The number of rotatable bonds is 4. The number of nitrogens with two attached hydrogens (primary N) is 1. The van der Waals surface area contributed by atoms with Gasteiger partial charge in [0.1, 0.15) is 0 Å². The monoisotopic (exact) mass is 168 g/mol. The highest BCUT2D eigenvalue weighted by molar-refractivity contribution is 5.79. The van der Waals surface area contributed by atoms with Gasteiger partial charge in [0.05, 0.1) is 5.84 Å². The molecule has 12 heavy (non-hydrogen) atoms. The molecule has 0 spiro atoms.